The Hall–Kier alpha value is -0.870. The van der Waals surface area contributed by atoms with Crippen LogP contribution >= 0.6 is 15.9 Å². The molecule has 0 spiro atoms. The van der Waals surface area contributed by atoms with Crippen molar-refractivity contribution in [1.82, 2.24) is 0 Å². The minimum atomic E-state index is -0.947. The minimum absolute atomic E-state index is 0.479. The van der Waals surface area contributed by atoms with Crippen molar-refractivity contribution in [3.63, 3.8) is 0 Å². The first-order valence-corrected chi connectivity index (χ1v) is 6.02. The van der Waals surface area contributed by atoms with Gasteiger partial charge in [-0.25, -0.2) is 0 Å². The molecule has 16 heavy (non-hydrogen) atoms. The Kier molecular flexibility index (Phi) is 4.96. The molecule has 0 amide bonds. The number of benzene rings is 1. The molecule has 0 fully saturated rings. The molecule has 0 aliphatic carbocycles. The molecule has 2 unspecified atom stereocenters. The second-order valence-electron chi connectivity index (χ2n) is 3.73. The Labute approximate surface area is 103 Å². The highest BCUT2D eigenvalue weighted by molar-refractivity contribution is 9.10. The number of carbonyl (C=O) groups is 1. The third-order valence-electron chi connectivity index (χ3n) is 2.51. The Morgan fingerprint density at radius 2 is 1.94 bits per heavy atom. The van der Waals surface area contributed by atoms with Crippen LogP contribution in [-0.2, 0) is 4.79 Å². The molecule has 0 bridgehead atoms. The van der Waals surface area contributed by atoms with E-state index < -0.39 is 18.0 Å². The van der Waals surface area contributed by atoms with Gasteiger partial charge in [-0.15, -0.1) is 0 Å². The van der Waals surface area contributed by atoms with E-state index in [1.165, 1.54) is 0 Å². The van der Waals surface area contributed by atoms with E-state index in [0.29, 0.717) is 12.0 Å². The second-order valence-corrected chi connectivity index (χ2v) is 4.65. The van der Waals surface area contributed by atoms with Gasteiger partial charge in [-0.1, -0.05) is 41.4 Å². The number of hydrogen-bond donors (Lipinski definition) is 2. The molecule has 0 radical (unpaired) electrons. The van der Waals surface area contributed by atoms with Crippen molar-refractivity contribution in [2.45, 2.75) is 25.9 Å². The van der Waals surface area contributed by atoms with Gasteiger partial charge in [0.25, 0.3) is 0 Å². The summed E-state index contributed by atoms with van der Waals surface area (Å²) in [7, 11) is 0. The van der Waals surface area contributed by atoms with Crippen molar-refractivity contribution in [1.29, 1.82) is 0 Å². The van der Waals surface area contributed by atoms with Crippen LogP contribution in [0.2, 0.25) is 0 Å². The average Bonchev–Trinajstić information content (AvgIpc) is 2.25. The van der Waals surface area contributed by atoms with Crippen LogP contribution in [0.3, 0.4) is 0 Å². The number of aliphatic carboxylic acids is 1. The summed E-state index contributed by atoms with van der Waals surface area (Å²) in [5.74, 6) is -1.68. The zero-order valence-electron chi connectivity index (χ0n) is 9.06. The summed E-state index contributed by atoms with van der Waals surface area (Å²) in [5, 5.41) is 19.0. The number of aliphatic hydroxyl groups is 1. The molecule has 0 aromatic heterocycles. The van der Waals surface area contributed by atoms with Crippen LogP contribution in [0, 0.1) is 5.92 Å². The van der Waals surface area contributed by atoms with Crippen LogP contribution in [0.4, 0.5) is 0 Å². The van der Waals surface area contributed by atoms with Gasteiger partial charge in [-0.05, 0) is 24.1 Å². The summed E-state index contributed by atoms with van der Waals surface area (Å²) in [6.45, 7) is 1.91. The fourth-order valence-electron chi connectivity index (χ4n) is 1.62. The summed E-state index contributed by atoms with van der Waals surface area (Å²) < 4.78 is 0.908. The summed E-state index contributed by atoms with van der Waals surface area (Å²) >= 11 is 3.29. The summed E-state index contributed by atoms with van der Waals surface area (Å²) in [6.07, 6.45) is 0.280. The highest BCUT2D eigenvalue weighted by Crippen LogP contribution is 2.27. The number of hydrogen-bond acceptors (Lipinski definition) is 2. The van der Waals surface area contributed by atoms with Crippen LogP contribution in [0.15, 0.2) is 28.7 Å². The van der Waals surface area contributed by atoms with Gasteiger partial charge < -0.3 is 10.2 Å². The van der Waals surface area contributed by atoms with Crippen LogP contribution in [0.25, 0.3) is 0 Å². The third-order valence-corrected chi connectivity index (χ3v) is 3.04. The maximum absolute atomic E-state index is 11.0. The highest BCUT2D eigenvalue weighted by atomic mass is 79.9. The van der Waals surface area contributed by atoms with Gasteiger partial charge in [0.1, 0.15) is 0 Å². The molecule has 3 nitrogen and oxygen atoms in total. The molecule has 2 atom stereocenters. The summed E-state index contributed by atoms with van der Waals surface area (Å²) in [6, 6.07) is 7.06. The zero-order valence-corrected chi connectivity index (χ0v) is 10.6. The van der Waals surface area contributed by atoms with E-state index in [1.54, 1.807) is 24.3 Å². The first-order chi connectivity index (χ1) is 7.56. The lowest BCUT2D eigenvalue weighted by Crippen LogP contribution is -2.21. The summed E-state index contributed by atoms with van der Waals surface area (Å²) in [4.78, 5) is 11.0. The van der Waals surface area contributed by atoms with Crippen LogP contribution in [0.5, 0.6) is 0 Å². The van der Waals surface area contributed by atoms with Crippen molar-refractivity contribution >= 4 is 21.9 Å². The molecule has 1 rings (SSSR count). The van der Waals surface area contributed by atoms with E-state index in [4.69, 9.17) is 5.11 Å². The minimum Gasteiger partial charge on any atom is -0.481 e. The number of carboxylic acid groups (broad SMARTS) is 1. The largest absolute Gasteiger partial charge is 0.481 e. The molecule has 4 heteroatoms. The Bertz CT molecular complexity index is 348. The van der Waals surface area contributed by atoms with Crippen LogP contribution in [-0.4, -0.2) is 16.2 Å². The van der Waals surface area contributed by atoms with Gasteiger partial charge in [0.2, 0.25) is 0 Å². The predicted octanol–water partition coefficient (Wildman–Crippen LogP) is 2.98. The standard InChI is InChI=1S/C12H15BrO3/c1-2-3-10(12(15)16)11(14)8-4-6-9(13)7-5-8/h4-7,10-11,14H,2-3H2,1H3,(H,15,16). The molecule has 0 saturated carbocycles. The predicted molar refractivity (Wildman–Crippen MR) is 65.1 cm³/mol. The molecule has 0 aliphatic rings. The van der Waals surface area contributed by atoms with Gasteiger partial charge in [-0.2, -0.15) is 0 Å². The smallest absolute Gasteiger partial charge is 0.309 e. The molecule has 88 valence electrons. The Morgan fingerprint density at radius 3 is 2.38 bits per heavy atom. The zero-order chi connectivity index (χ0) is 12.1. The highest BCUT2D eigenvalue weighted by Gasteiger charge is 2.26. The van der Waals surface area contributed by atoms with Crippen molar-refractivity contribution in [2.75, 3.05) is 0 Å². The van der Waals surface area contributed by atoms with Crippen LogP contribution < -0.4 is 0 Å². The van der Waals surface area contributed by atoms with Crippen molar-refractivity contribution in [3.05, 3.63) is 34.3 Å². The normalized spacial score (nSPS) is 14.4. The Morgan fingerprint density at radius 1 is 1.38 bits per heavy atom. The van der Waals surface area contributed by atoms with E-state index in [0.717, 1.165) is 10.9 Å². The van der Waals surface area contributed by atoms with E-state index in [1.807, 2.05) is 6.92 Å². The fourth-order valence-corrected chi connectivity index (χ4v) is 1.88. The maximum atomic E-state index is 11.0. The molecule has 0 saturated heterocycles. The molecule has 1 aromatic rings. The molecular formula is C12H15BrO3. The average molecular weight is 287 g/mol. The maximum Gasteiger partial charge on any atom is 0.309 e. The van der Waals surface area contributed by atoms with Crippen molar-refractivity contribution in [2.24, 2.45) is 5.92 Å². The van der Waals surface area contributed by atoms with Crippen LogP contribution in [0.1, 0.15) is 31.4 Å². The monoisotopic (exact) mass is 286 g/mol. The first-order valence-electron chi connectivity index (χ1n) is 5.22. The van der Waals surface area contributed by atoms with Crippen molar-refractivity contribution < 1.29 is 15.0 Å². The third kappa shape index (κ3) is 3.32. The van der Waals surface area contributed by atoms with Gasteiger partial charge >= 0.3 is 5.97 Å². The Balaban J connectivity index is 2.85. The topological polar surface area (TPSA) is 57.5 Å². The molecule has 1 aromatic carbocycles. The van der Waals surface area contributed by atoms with E-state index in [9.17, 15) is 9.90 Å². The van der Waals surface area contributed by atoms with E-state index in [-0.39, 0.29) is 0 Å². The van der Waals surface area contributed by atoms with Gasteiger partial charge in [0.15, 0.2) is 0 Å². The molecule has 0 heterocycles. The molecular weight excluding hydrogens is 272 g/mol. The van der Waals surface area contributed by atoms with Gasteiger partial charge in [0.05, 0.1) is 12.0 Å². The lowest BCUT2D eigenvalue weighted by Gasteiger charge is -2.18. The van der Waals surface area contributed by atoms with Crippen molar-refractivity contribution in [3.8, 4) is 0 Å². The van der Waals surface area contributed by atoms with Gasteiger partial charge in [-0.3, -0.25) is 4.79 Å². The molecule has 0 aliphatic heterocycles. The number of rotatable bonds is 5. The first kappa shape index (κ1) is 13.2. The number of carboxylic acids is 1. The lowest BCUT2D eigenvalue weighted by molar-refractivity contribution is -0.146. The fraction of sp³-hybridized carbons (Fsp3) is 0.417. The number of aliphatic hydroxyl groups excluding tert-OH is 1. The quantitative estimate of drug-likeness (QED) is 0.875. The SMILES string of the molecule is CCCC(C(=O)O)C(O)c1ccc(Br)cc1. The second kappa shape index (κ2) is 6.01. The number of halogens is 1. The van der Waals surface area contributed by atoms with E-state index >= 15 is 0 Å². The molecule has 2 N–H and O–H groups in total. The lowest BCUT2D eigenvalue weighted by atomic mass is 9.92. The van der Waals surface area contributed by atoms with E-state index in [2.05, 4.69) is 15.9 Å². The summed E-state index contributed by atoms with van der Waals surface area (Å²) in [5.41, 5.74) is 0.643. The van der Waals surface area contributed by atoms with Gasteiger partial charge in [0, 0.05) is 4.47 Å².